The number of anilines is 2. The molecular weight excluding hydrogens is 528 g/mol. The van der Waals surface area contributed by atoms with Crippen LogP contribution in [0.3, 0.4) is 0 Å². The molecule has 2 N–H and O–H groups in total. The van der Waals surface area contributed by atoms with Crippen molar-refractivity contribution >= 4 is 45.9 Å². The number of nitrogens with zero attached hydrogens (tertiary/aromatic N) is 1. The van der Waals surface area contributed by atoms with Crippen LogP contribution in [0.5, 0.6) is 0 Å². The van der Waals surface area contributed by atoms with Crippen LogP contribution in [0.4, 0.5) is 16.2 Å². The molecule has 1 atom stereocenters. The van der Waals surface area contributed by atoms with Crippen LogP contribution >= 0.6 is 11.8 Å². The number of urea groups is 1. The third-order valence-corrected chi connectivity index (χ3v) is 8.10. The molecule has 0 saturated carbocycles. The number of carboxylic acid groups (broad SMARTS) is 1. The number of carboxylic acids is 1. The van der Waals surface area contributed by atoms with Gasteiger partial charge >= 0.3 is 12.0 Å². The van der Waals surface area contributed by atoms with E-state index in [-0.39, 0.29) is 6.03 Å². The Bertz CT molecular complexity index is 1620. The highest BCUT2D eigenvalue weighted by atomic mass is 32.2. The molecule has 0 aromatic heterocycles. The first kappa shape index (κ1) is 28.0. The first-order chi connectivity index (χ1) is 20.0. The van der Waals surface area contributed by atoms with E-state index >= 15 is 0 Å². The zero-order chi connectivity index (χ0) is 28.6. The van der Waals surface area contributed by atoms with E-state index in [2.05, 4.69) is 23.5 Å². The molecule has 0 radical (unpaired) electrons. The van der Waals surface area contributed by atoms with Crippen molar-refractivity contribution in [2.24, 2.45) is 0 Å². The van der Waals surface area contributed by atoms with E-state index in [0.717, 1.165) is 43.9 Å². The average Bonchev–Trinajstić information content (AvgIpc) is 2.99. The number of benzene rings is 5. The quantitative estimate of drug-likeness (QED) is 0.179. The molecule has 6 heteroatoms. The van der Waals surface area contributed by atoms with E-state index < -0.39 is 11.9 Å². The smallest absolute Gasteiger partial charge is 0.326 e. The molecule has 206 valence electrons. The Morgan fingerprint density at radius 2 is 1.41 bits per heavy atom. The molecule has 0 heterocycles. The first-order valence-electron chi connectivity index (χ1n) is 13.7. The fourth-order valence-corrected chi connectivity index (χ4v) is 5.66. The van der Waals surface area contributed by atoms with Crippen LogP contribution in [-0.4, -0.2) is 23.7 Å². The van der Waals surface area contributed by atoms with Gasteiger partial charge in [0.2, 0.25) is 0 Å². The number of hydrogen-bond donors (Lipinski definition) is 2. The maximum Gasteiger partial charge on any atom is 0.326 e. The normalized spacial score (nSPS) is 11.6. The molecule has 0 bridgehead atoms. The lowest BCUT2D eigenvalue weighted by molar-refractivity contribution is -0.138. The minimum Gasteiger partial charge on any atom is -0.481 e. The van der Waals surface area contributed by atoms with Gasteiger partial charge in [0.15, 0.2) is 0 Å². The summed E-state index contributed by atoms with van der Waals surface area (Å²) in [7, 11) is 0. The van der Waals surface area contributed by atoms with Gasteiger partial charge in [-0.15, -0.1) is 0 Å². The van der Waals surface area contributed by atoms with Gasteiger partial charge in [-0.1, -0.05) is 91.5 Å². The number of carbonyl (C=O) groups is 2. The van der Waals surface area contributed by atoms with Crippen molar-refractivity contribution in [3.63, 3.8) is 0 Å². The maximum atomic E-state index is 13.6. The molecule has 5 nitrogen and oxygen atoms in total. The van der Waals surface area contributed by atoms with E-state index in [4.69, 9.17) is 0 Å². The van der Waals surface area contributed by atoms with Gasteiger partial charge in [0.25, 0.3) is 0 Å². The van der Waals surface area contributed by atoms with Crippen LogP contribution in [0.1, 0.15) is 30.4 Å². The van der Waals surface area contributed by atoms with Crippen molar-refractivity contribution in [2.45, 2.75) is 35.5 Å². The molecule has 0 aliphatic heterocycles. The van der Waals surface area contributed by atoms with Crippen LogP contribution in [0, 0.1) is 0 Å². The van der Waals surface area contributed by atoms with E-state index in [9.17, 15) is 14.7 Å². The molecule has 5 aromatic rings. The van der Waals surface area contributed by atoms with Crippen molar-refractivity contribution in [3.8, 4) is 0 Å². The summed E-state index contributed by atoms with van der Waals surface area (Å²) in [6.45, 7) is 2.41. The Balaban J connectivity index is 1.32. The molecular formula is C35H32N2O3S. The Kier molecular flexibility index (Phi) is 9.02. The molecule has 0 aliphatic carbocycles. The lowest BCUT2D eigenvalue weighted by Gasteiger charge is -2.24. The topological polar surface area (TPSA) is 69.6 Å². The van der Waals surface area contributed by atoms with Gasteiger partial charge in [0.05, 0.1) is 5.92 Å². The standard InChI is InChI=1S/C35H32N2O3S/c1-2-33(34(38)39)27-13-18-31(19-14-27)41-32-20-16-30(17-21-32)37(23-22-25-8-4-3-5-9-25)35(40)36-29-15-12-26-10-6-7-11-28(26)24-29/h3-21,24,33H,2,22-23H2,1H3,(H,36,40)(H,38,39). The lowest BCUT2D eigenvalue weighted by Crippen LogP contribution is -2.36. The number of nitrogens with one attached hydrogen (secondary N) is 1. The van der Waals surface area contributed by atoms with Crippen LogP contribution < -0.4 is 10.2 Å². The summed E-state index contributed by atoms with van der Waals surface area (Å²) in [5.41, 5.74) is 3.54. The zero-order valence-electron chi connectivity index (χ0n) is 22.9. The fraction of sp³-hybridized carbons (Fsp3) is 0.143. The summed E-state index contributed by atoms with van der Waals surface area (Å²) in [4.78, 5) is 28.9. The van der Waals surface area contributed by atoms with Gasteiger partial charge in [-0.3, -0.25) is 9.69 Å². The lowest BCUT2D eigenvalue weighted by atomic mass is 9.97. The number of carbonyl (C=O) groups excluding carboxylic acids is 1. The van der Waals surface area contributed by atoms with Crippen LogP contribution in [0.25, 0.3) is 10.8 Å². The van der Waals surface area contributed by atoms with Crippen molar-refractivity contribution < 1.29 is 14.7 Å². The van der Waals surface area contributed by atoms with Gasteiger partial charge in [-0.2, -0.15) is 0 Å². The van der Waals surface area contributed by atoms with Crippen LogP contribution in [0.2, 0.25) is 0 Å². The van der Waals surface area contributed by atoms with E-state index in [1.165, 1.54) is 5.56 Å². The monoisotopic (exact) mass is 560 g/mol. The second kappa shape index (κ2) is 13.2. The van der Waals surface area contributed by atoms with Gasteiger partial charge in [0.1, 0.15) is 0 Å². The van der Waals surface area contributed by atoms with Crippen LogP contribution in [-0.2, 0) is 11.2 Å². The largest absolute Gasteiger partial charge is 0.481 e. The molecule has 0 aliphatic rings. The molecule has 41 heavy (non-hydrogen) atoms. The summed E-state index contributed by atoms with van der Waals surface area (Å²) in [5, 5.41) is 14.7. The Morgan fingerprint density at radius 3 is 2.07 bits per heavy atom. The van der Waals surface area contributed by atoms with Crippen molar-refractivity contribution in [1.29, 1.82) is 0 Å². The third kappa shape index (κ3) is 7.16. The summed E-state index contributed by atoms with van der Waals surface area (Å²) >= 11 is 1.60. The minimum atomic E-state index is -0.801. The molecule has 0 saturated heterocycles. The van der Waals surface area contributed by atoms with E-state index in [1.54, 1.807) is 16.7 Å². The average molecular weight is 561 g/mol. The number of amides is 2. The summed E-state index contributed by atoms with van der Waals surface area (Å²) in [5.74, 6) is -1.29. The van der Waals surface area contributed by atoms with Crippen molar-refractivity contribution in [3.05, 3.63) is 132 Å². The molecule has 2 amide bonds. The molecule has 5 aromatic carbocycles. The van der Waals surface area contributed by atoms with Gasteiger partial charge in [-0.25, -0.2) is 4.79 Å². The van der Waals surface area contributed by atoms with Gasteiger partial charge in [-0.05, 0) is 83.3 Å². The summed E-state index contributed by atoms with van der Waals surface area (Å²) in [6.07, 6.45) is 1.28. The maximum absolute atomic E-state index is 13.6. The first-order valence-corrected chi connectivity index (χ1v) is 14.5. The van der Waals surface area contributed by atoms with Crippen LogP contribution in [0.15, 0.2) is 131 Å². The Morgan fingerprint density at radius 1 is 0.780 bits per heavy atom. The number of fused-ring (bicyclic) bond motifs is 1. The predicted octanol–water partition coefficient (Wildman–Crippen LogP) is 8.85. The fourth-order valence-electron chi connectivity index (χ4n) is 4.84. The van der Waals surface area contributed by atoms with E-state index in [1.807, 2.05) is 110 Å². The molecule has 0 spiro atoms. The highest BCUT2D eigenvalue weighted by molar-refractivity contribution is 7.99. The third-order valence-electron chi connectivity index (χ3n) is 7.09. The second-order valence-corrected chi connectivity index (χ2v) is 11.0. The molecule has 1 unspecified atom stereocenters. The van der Waals surface area contributed by atoms with Gasteiger partial charge < -0.3 is 10.4 Å². The highest BCUT2D eigenvalue weighted by Crippen LogP contribution is 2.31. The Hall–Kier alpha value is -4.55. The predicted molar refractivity (Wildman–Crippen MR) is 168 cm³/mol. The number of aliphatic carboxylic acids is 1. The molecule has 5 rings (SSSR count). The molecule has 0 fully saturated rings. The van der Waals surface area contributed by atoms with Crippen molar-refractivity contribution in [1.82, 2.24) is 0 Å². The van der Waals surface area contributed by atoms with Crippen molar-refractivity contribution in [2.75, 3.05) is 16.8 Å². The minimum absolute atomic E-state index is 0.184. The van der Waals surface area contributed by atoms with E-state index in [0.29, 0.717) is 13.0 Å². The summed E-state index contributed by atoms with van der Waals surface area (Å²) < 4.78 is 0. The number of rotatable bonds is 10. The SMILES string of the molecule is CCC(C(=O)O)c1ccc(Sc2ccc(N(CCc3ccccc3)C(=O)Nc3ccc4ccccc4c3)cc2)cc1. The highest BCUT2D eigenvalue weighted by Gasteiger charge is 2.18. The number of hydrogen-bond acceptors (Lipinski definition) is 3. The zero-order valence-corrected chi connectivity index (χ0v) is 23.7. The Labute approximate surface area is 244 Å². The van der Waals surface area contributed by atoms with Gasteiger partial charge in [0, 0.05) is 27.7 Å². The summed E-state index contributed by atoms with van der Waals surface area (Å²) in [6, 6.07) is 39.7. The second-order valence-electron chi connectivity index (χ2n) is 9.84.